The van der Waals surface area contributed by atoms with E-state index in [2.05, 4.69) is 10.7 Å². The molecule has 7 heteroatoms. The number of halogens is 1. The first kappa shape index (κ1) is 18.0. The molecule has 0 aliphatic heterocycles. The summed E-state index contributed by atoms with van der Waals surface area (Å²) in [6.45, 7) is 6.75. The van der Waals surface area contributed by atoms with Crippen molar-refractivity contribution in [3.8, 4) is 0 Å². The van der Waals surface area contributed by atoms with Gasteiger partial charge in [0.25, 0.3) is 0 Å². The minimum Gasteiger partial charge on any atom is -0.442 e. The number of ether oxygens (including phenoxy) is 1. The predicted molar refractivity (Wildman–Crippen MR) is 90.3 cm³/mol. The van der Waals surface area contributed by atoms with Gasteiger partial charge in [0.2, 0.25) is 0 Å². The number of para-hydroxylation sites is 1. The molecule has 0 saturated heterocycles. The van der Waals surface area contributed by atoms with Gasteiger partial charge in [-0.15, -0.1) is 0 Å². The van der Waals surface area contributed by atoms with Crippen LogP contribution < -0.4 is 10.7 Å². The van der Waals surface area contributed by atoms with Crippen LogP contribution in [0.15, 0.2) is 18.2 Å². The molecule has 0 unspecified atom stereocenters. The molecule has 1 saturated carbocycles. The molecule has 2 N–H and O–H groups in total. The van der Waals surface area contributed by atoms with Crippen LogP contribution in [0, 0.1) is 5.82 Å². The van der Waals surface area contributed by atoms with Gasteiger partial charge >= 0.3 is 6.09 Å². The molecule has 24 heavy (non-hydrogen) atoms. The summed E-state index contributed by atoms with van der Waals surface area (Å²) in [5, 5.41) is 4.16. The summed E-state index contributed by atoms with van der Waals surface area (Å²) in [4.78, 5) is 23.5. The highest BCUT2D eigenvalue weighted by Gasteiger charge is 2.28. The second-order valence-corrected chi connectivity index (χ2v) is 6.92. The Balaban J connectivity index is 2.24. The van der Waals surface area contributed by atoms with Gasteiger partial charge in [-0.3, -0.25) is 5.43 Å². The third kappa shape index (κ3) is 4.84. The number of amides is 1. The molecule has 0 spiro atoms. The van der Waals surface area contributed by atoms with Gasteiger partial charge in [-0.25, -0.2) is 14.2 Å². The maximum Gasteiger partial charge on any atom is 0.429 e. The fraction of sp³-hybridized carbons (Fsp3) is 0.529. The Labute approximate surface area is 141 Å². The zero-order valence-corrected chi connectivity index (χ0v) is 14.4. The number of hydrogen-bond donors (Lipinski definition) is 2. The number of hydrazine groups is 1. The minimum absolute atomic E-state index is 0.237. The molecule has 2 rings (SSSR count). The predicted octanol–water partition coefficient (Wildman–Crippen LogP) is 3.55. The third-order valence-corrected chi connectivity index (χ3v) is 3.37. The van der Waals surface area contributed by atoms with E-state index in [4.69, 9.17) is 4.74 Å². The van der Waals surface area contributed by atoms with Gasteiger partial charge in [0.15, 0.2) is 0 Å². The Morgan fingerprint density at radius 1 is 1.42 bits per heavy atom. The van der Waals surface area contributed by atoms with Gasteiger partial charge in [-0.05, 0) is 52.7 Å². The minimum atomic E-state index is -0.781. The molecule has 6 nitrogen and oxygen atoms in total. The Morgan fingerprint density at radius 3 is 2.62 bits per heavy atom. The fourth-order valence-corrected chi connectivity index (χ4v) is 2.01. The molecule has 1 atom stereocenters. The lowest BCUT2D eigenvalue weighted by molar-refractivity contribution is -0.111. The lowest BCUT2D eigenvalue weighted by Gasteiger charge is -2.31. The van der Waals surface area contributed by atoms with E-state index < -0.39 is 23.6 Å². The molecule has 1 aromatic carbocycles. The highest BCUT2D eigenvalue weighted by atomic mass is 19.1. The highest BCUT2D eigenvalue weighted by Crippen LogP contribution is 2.32. The van der Waals surface area contributed by atoms with E-state index in [1.807, 2.05) is 0 Å². The third-order valence-electron chi connectivity index (χ3n) is 3.37. The summed E-state index contributed by atoms with van der Waals surface area (Å²) < 4.78 is 19.4. The van der Waals surface area contributed by atoms with Crippen LogP contribution in [-0.4, -0.2) is 35.1 Å². The number of anilines is 2. The molecule has 132 valence electrons. The Kier molecular flexibility index (Phi) is 5.31. The van der Waals surface area contributed by atoms with Crippen molar-refractivity contribution < 1.29 is 18.7 Å². The second-order valence-electron chi connectivity index (χ2n) is 6.92. The van der Waals surface area contributed by atoms with E-state index in [0.717, 1.165) is 17.9 Å². The number of nitrogens with one attached hydrogen (secondary N) is 2. The first-order valence-electron chi connectivity index (χ1n) is 8.00. The molecule has 0 bridgehead atoms. The maximum atomic E-state index is 14.1. The maximum absolute atomic E-state index is 14.1. The molecule has 1 fully saturated rings. The summed E-state index contributed by atoms with van der Waals surface area (Å²) in [5.41, 5.74) is 2.77. The van der Waals surface area contributed by atoms with Gasteiger partial charge in [0.05, 0.1) is 11.4 Å². The lowest BCUT2D eigenvalue weighted by atomic mass is 10.2. The van der Waals surface area contributed by atoms with Crippen molar-refractivity contribution in [1.82, 2.24) is 5.01 Å². The molecule has 0 heterocycles. The van der Waals surface area contributed by atoms with Crippen LogP contribution >= 0.6 is 0 Å². The average molecular weight is 337 g/mol. The number of aldehydes is 1. The Bertz CT molecular complexity index is 612. The van der Waals surface area contributed by atoms with Gasteiger partial charge in [-0.1, -0.05) is 6.07 Å². The van der Waals surface area contributed by atoms with Crippen LogP contribution in [0.25, 0.3) is 0 Å². The fourth-order valence-electron chi connectivity index (χ4n) is 2.01. The molecule has 1 aromatic rings. The molecule has 0 aromatic heterocycles. The number of nitrogens with zero attached hydrogens (tertiary/aromatic N) is 1. The van der Waals surface area contributed by atoms with Gasteiger partial charge in [-0.2, -0.15) is 0 Å². The van der Waals surface area contributed by atoms with Crippen molar-refractivity contribution >= 4 is 23.8 Å². The lowest BCUT2D eigenvalue weighted by Crippen LogP contribution is -2.46. The first-order valence-corrected chi connectivity index (χ1v) is 8.00. The molecular weight excluding hydrogens is 313 g/mol. The monoisotopic (exact) mass is 337 g/mol. The van der Waals surface area contributed by atoms with Crippen molar-refractivity contribution in [1.29, 1.82) is 0 Å². The first-order chi connectivity index (χ1) is 11.2. The van der Waals surface area contributed by atoms with Crippen LogP contribution in [0.3, 0.4) is 0 Å². The van der Waals surface area contributed by atoms with Crippen LogP contribution in [0.2, 0.25) is 0 Å². The largest absolute Gasteiger partial charge is 0.442 e. The van der Waals surface area contributed by atoms with Crippen molar-refractivity contribution in [2.75, 3.05) is 10.7 Å². The van der Waals surface area contributed by atoms with E-state index in [-0.39, 0.29) is 11.7 Å². The van der Waals surface area contributed by atoms with E-state index in [1.165, 1.54) is 12.1 Å². The standard InChI is InChI=1S/C17H24FN3O3/c1-11(10-22)21(16(23)24-17(2,3)4)20-14-7-5-6-13(18)15(14)19-12-8-9-12/h5-7,10-12,19-20H,8-9H2,1-4H3/t11-/m0/s1. The zero-order chi connectivity index (χ0) is 17.9. The van der Waals surface area contributed by atoms with Gasteiger partial charge in [0.1, 0.15) is 23.7 Å². The smallest absolute Gasteiger partial charge is 0.429 e. The van der Waals surface area contributed by atoms with Crippen molar-refractivity contribution in [2.45, 2.75) is 58.2 Å². The number of carbonyl (C=O) groups is 2. The molecule has 0 radical (unpaired) electrons. The van der Waals surface area contributed by atoms with E-state index >= 15 is 0 Å². The van der Waals surface area contributed by atoms with Crippen LogP contribution in [0.5, 0.6) is 0 Å². The number of carbonyl (C=O) groups excluding carboxylic acids is 2. The number of benzene rings is 1. The summed E-state index contributed by atoms with van der Waals surface area (Å²) >= 11 is 0. The number of rotatable bonds is 6. The topological polar surface area (TPSA) is 70.7 Å². The van der Waals surface area contributed by atoms with E-state index in [9.17, 15) is 14.0 Å². The van der Waals surface area contributed by atoms with Crippen LogP contribution in [0.1, 0.15) is 40.5 Å². The van der Waals surface area contributed by atoms with Crippen molar-refractivity contribution in [2.24, 2.45) is 0 Å². The second kappa shape index (κ2) is 7.07. The van der Waals surface area contributed by atoms with E-state index in [0.29, 0.717) is 12.0 Å². The molecule has 1 amide bonds. The number of hydrogen-bond acceptors (Lipinski definition) is 5. The van der Waals surface area contributed by atoms with Gasteiger partial charge < -0.3 is 14.8 Å². The summed E-state index contributed by atoms with van der Waals surface area (Å²) in [7, 11) is 0. The summed E-state index contributed by atoms with van der Waals surface area (Å²) in [6, 6.07) is 3.98. The molecular formula is C17H24FN3O3. The quantitative estimate of drug-likeness (QED) is 0.613. The van der Waals surface area contributed by atoms with Crippen LogP contribution in [0.4, 0.5) is 20.6 Å². The van der Waals surface area contributed by atoms with Gasteiger partial charge in [0, 0.05) is 6.04 Å². The van der Waals surface area contributed by atoms with Crippen molar-refractivity contribution in [3.63, 3.8) is 0 Å². The SMILES string of the molecule is C[C@@H](C=O)N(Nc1cccc(F)c1NC1CC1)C(=O)OC(C)(C)C. The van der Waals surface area contributed by atoms with E-state index in [1.54, 1.807) is 33.8 Å². The highest BCUT2D eigenvalue weighted by molar-refractivity contribution is 5.78. The molecule has 1 aliphatic rings. The molecule has 1 aliphatic carbocycles. The summed E-state index contributed by atoms with van der Waals surface area (Å²) in [6.07, 6.45) is 1.87. The Hall–Kier alpha value is -2.31. The normalized spacial score (nSPS) is 15.4. The van der Waals surface area contributed by atoms with Crippen LogP contribution in [-0.2, 0) is 9.53 Å². The summed E-state index contributed by atoms with van der Waals surface area (Å²) in [5.74, 6) is -0.421. The Morgan fingerprint density at radius 2 is 2.08 bits per heavy atom. The van der Waals surface area contributed by atoms with Crippen molar-refractivity contribution in [3.05, 3.63) is 24.0 Å². The average Bonchev–Trinajstić information content (AvgIpc) is 3.29. The zero-order valence-electron chi connectivity index (χ0n) is 14.4.